The molecule has 114 valence electrons. The molecule has 0 radical (unpaired) electrons. The molecule has 0 aliphatic carbocycles. The molecule has 0 atom stereocenters. The van der Waals surface area contributed by atoms with Crippen LogP contribution in [-0.2, 0) is 0 Å². The summed E-state index contributed by atoms with van der Waals surface area (Å²) in [6.45, 7) is 0. The van der Waals surface area contributed by atoms with E-state index >= 15 is 0 Å². The maximum Gasteiger partial charge on any atom is 0.196 e. The molecule has 0 aliphatic rings. The fourth-order valence-electron chi connectivity index (χ4n) is 2.29. The summed E-state index contributed by atoms with van der Waals surface area (Å²) in [5, 5.41) is 0. The van der Waals surface area contributed by atoms with Crippen molar-refractivity contribution in [2.75, 3.05) is 7.11 Å². The quantitative estimate of drug-likeness (QED) is 0.640. The zero-order valence-electron chi connectivity index (χ0n) is 12.7. The number of rotatable bonds is 5. The lowest BCUT2D eigenvalue weighted by Crippen LogP contribution is -2.03. The SMILES string of the molecule is COc1ccccc1C(=O)c1ccc(Oc2ccccc2)cc1. The topological polar surface area (TPSA) is 35.5 Å². The second-order valence-electron chi connectivity index (χ2n) is 4.97. The fourth-order valence-corrected chi connectivity index (χ4v) is 2.29. The van der Waals surface area contributed by atoms with Gasteiger partial charge < -0.3 is 9.47 Å². The third-order valence-electron chi connectivity index (χ3n) is 3.45. The molecule has 0 saturated heterocycles. The van der Waals surface area contributed by atoms with Crippen LogP contribution < -0.4 is 9.47 Å². The van der Waals surface area contributed by atoms with Gasteiger partial charge in [0, 0.05) is 5.56 Å². The number of carbonyl (C=O) groups excluding carboxylic acids is 1. The highest BCUT2D eigenvalue weighted by molar-refractivity contribution is 6.10. The van der Waals surface area contributed by atoms with Crippen LogP contribution >= 0.6 is 0 Å². The van der Waals surface area contributed by atoms with E-state index in [-0.39, 0.29) is 5.78 Å². The van der Waals surface area contributed by atoms with Gasteiger partial charge in [-0.1, -0.05) is 30.3 Å². The van der Waals surface area contributed by atoms with Crippen LogP contribution in [0.1, 0.15) is 15.9 Å². The van der Waals surface area contributed by atoms with Gasteiger partial charge in [0.2, 0.25) is 0 Å². The summed E-state index contributed by atoms with van der Waals surface area (Å²) < 4.78 is 11.0. The molecule has 0 saturated carbocycles. The average Bonchev–Trinajstić information content (AvgIpc) is 2.62. The van der Waals surface area contributed by atoms with E-state index in [4.69, 9.17) is 9.47 Å². The van der Waals surface area contributed by atoms with Crippen molar-refractivity contribution in [3.05, 3.63) is 90.0 Å². The third kappa shape index (κ3) is 3.40. The lowest BCUT2D eigenvalue weighted by Gasteiger charge is -2.08. The molecule has 0 amide bonds. The first-order valence-corrected chi connectivity index (χ1v) is 7.28. The van der Waals surface area contributed by atoms with Crippen molar-refractivity contribution in [2.45, 2.75) is 0 Å². The Labute approximate surface area is 135 Å². The van der Waals surface area contributed by atoms with Crippen LogP contribution in [0.15, 0.2) is 78.9 Å². The van der Waals surface area contributed by atoms with Crippen molar-refractivity contribution < 1.29 is 14.3 Å². The van der Waals surface area contributed by atoms with E-state index < -0.39 is 0 Å². The van der Waals surface area contributed by atoms with Crippen molar-refractivity contribution in [1.82, 2.24) is 0 Å². The minimum absolute atomic E-state index is 0.0753. The Morgan fingerprint density at radius 1 is 0.739 bits per heavy atom. The number of hydrogen-bond donors (Lipinski definition) is 0. The Morgan fingerprint density at radius 2 is 1.35 bits per heavy atom. The summed E-state index contributed by atoms with van der Waals surface area (Å²) in [7, 11) is 1.56. The maximum absolute atomic E-state index is 12.6. The van der Waals surface area contributed by atoms with Crippen molar-refractivity contribution in [3.63, 3.8) is 0 Å². The first-order valence-electron chi connectivity index (χ1n) is 7.28. The molecule has 0 aromatic heterocycles. The van der Waals surface area contributed by atoms with Crippen molar-refractivity contribution in [2.24, 2.45) is 0 Å². The molecule has 0 fully saturated rings. The molecule has 0 aliphatic heterocycles. The van der Waals surface area contributed by atoms with E-state index in [1.54, 1.807) is 43.5 Å². The van der Waals surface area contributed by atoms with Crippen LogP contribution in [-0.4, -0.2) is 12.9 Å². The first-order chi connectivity index (χ1) is 11.3. The van der Waals surface area contributed by atoms with Gasteiger partial charge in [0.15, 0.2) is 5.78 Å². The van der Waals surface area contributed by atoms with Crippen molar-refractivity contribution >= 4 is 5.78 Å². The molecule has 0 heterocycles. The molecular formula is C20H16O3. The van der Waals surface area contributed by atoms with E-state index in [9.17, 15) is 4.79 Å². The Balaban J connectivity index is 1.80. The lowest BCUT2D eigenvalue weighted by molar-refractivity contribution is 0.103. The van der Waals surface area contributed by atoms with E-state index in [0.717, 1.165) is 5.75 Å². The summed E-state index contributed by atoms with van der Waals surface area (Å²) in [6, 6.07) is 23.8. The molecule has 0 unspecified atom stereocenters. The van der Waals surface area contributed by atoms with Gasteiger partial charge >= 0.3 is 0 Å². The average molecular weight is 304 g/mol. The molecule has 3 aromatic carbocycles. The van der Waals surface area contributed by atoms with E-state index in [1.165, 1.54) is 0 Å². The smallest absolute Gasteiger partial charge is 0.196 e. The minimum atomic E-state index is -0.0753. The third-order valence-corrected chi connectivity index (χ3v) is 3.45. The van der Waals surface area contributed by atoms with Gasteiger partial charge in [-0.25, -0.2) is 0 Å². The highest BCUT2D eigenvalue weighted by Gasteiger charge is 2.13. The molecule has 0 bridgehead atoms. The zero-order chi connectivity index (χ0) is 16.1. The number of para-hydroxylation sites is 2. The summed E-state index contributed by atoms with van der Waals surface area (Å²) in [5.74, 6) is 1.94. The Bertz CT molecular complexity index is 793. The van der Waals surface area contributed by atoms with Crippen LogP contribution in [0.5, 0.6) is 17.2 Å². The van der Waals surface area contributed by atoms with Gasteiger partial charge in [-0.15, -0.1) is 0 Å². The van der Waals surface area contributed by atoms with Gasteiger partial charge in [0.25, 0.3) is 0 Å². The summed E-state index contributed by atoms with van der Waals surface area (Å²) in [4.78, 5) is 12.6. The fraction of sp³-hybridized carbons (Fsp3) is 0.0500. The number of methoxy groups -OCH3 is 1. The van der Waals surface area contributed by atoms with Gasteiger partial charge in [-0.2, -0.15) is 0 Å². The van der Waals surface area contributed by atoms with E-state index in [1.807, 2.05) is 42.5 Å². The van der Waals surface area contributed by atoms with Gasteiger partial charge in [-0.05, 0) is 48.5 Å². The number of carbonyl (C=O) groups is 1. The molecular weight excluding hydrogens is 288 g/mol. The number of hydrogen-bond acceptors (Lipinski definition) is 3. The predicted molar refractivity (Wildman–Crippen MR) is 89.4 cm³/mol. The monoisotopic (exact) mass is 304 g/mol. The highest BCUT2D eigenvalue weighted by atomic mass is 16.5. The number of ketones is 1. The summed E-state index contributed by atoms with van der Waals surface area (Å²) in [5.41, 5.74) is 1.14. The lowest BCUT2D eigenvalue weighted by atomic mass is 10.0. The Hall–Kier alpha value is -3.07. The van der Waals surface area contributed by atoms with Crippen LogP contribution in [0.2, 0.25) is 0 Å². The maximum atomic E-state index is 12.6. The predicted octanol–water partition coefficient (Wildman–Crippen LogP) is 4.72. The molecule has 3 nitrogen and oxygen atoms in total. The zero-order valence-corrected chi connectivity index (χ0v) is 12.7. The second kappa shape index (κ2) is 6.79. The molecule has 3 aromatic rings. The summed E-state index contributed by atoms with van der Waals surface area (Å²) >= 11 is 0. The molecule has 3 heteroatoms. The van der Waals surface area contributed by atoms with E-state index in [0.29, 0.717) is 22.6 Å². The molecule has 3 rings (SSSR count). The van der Waals surface area contributed by atoms with E-state index in [2.05, 4.69) is 0 Å². The minimum Gasteiger partial charge on any atom is -0.496 e. The van der Waals surface area contributed by atoms with Crippen molar-refractivity contribution in [1.29, 1.82) is 0 Å². The second-order valence-corrected chi connectivity index (χ2v) is 4.97. The number of benzene rings is 3. The standard InChI is InChI=1S/C20H16O3/c1-22-19-10-6-5-9-18(19)20(21)15-11-13-17(14-12-15)23-16-7-3-2-4-8-16/h2-14H,1H3. The highest BCUT2D eigenvalue weighted by Crippen LogP contribution is 2.24. The largest absolute Gasteiger partial charge is 0.496 e. The normalized spacial score (nSPS) is 10.1. The van der Waals surface area contributed by atoms with Crippen LogP contribution in [0.3, 0.4) is 0 Å². The Kier molecular flexibility index (Phi) is 4.39. The van der Waals surface area contributed by atoms with Crippen molar-refractivity contribution in [3.8, 4) is 17.2 Å². The molecule has 23 heavy (non-hydrogen) atoms. The van der Waals surface area contributed by atoms with Crippen LogP contribution in [0.25, 0.3) is 0 Å². The number of ether oxygens (including phenoxy) is 2. The van der Waals surface area contributed by atoms with Crippen LogP contribution in [0, 0.1) is 0 Å². The van der Waals surface area contributed by atoms with Gasteiger partial charge in [0.05, 0.1) is 12.7 Å². The van der Waals surface area contributed by atoms with Gasteiger partial charge in [0.1, 0.15) is 17.2 Å². The molecule has 0 spiro atoms. The Morgan fingerprint density at radius 3 is 2.04 bits per heavy atom. The van der Waals surface area contributed by atoms with Crippen LogP contribution in [0.4, 0.5) is 0 Å². The van der Waals surface area contributed by atoms with Gasteiger partial charge in [-0.3, -0.25) is 4.79 Å². The first kappa shape index (κ1) is 14.9. The molecule has 0 N–H and O–H groups in total. The summed E-state index contributed by atoms with van der Waals surface area (Å²) in [6.07, 6.45) is 0.